The zero-order valence-electron chi connectivity index (χ0n) is 11.2. The average Bonchev–Trinajstić information content (AvgIpc) is 2.84. The molecule has 1 aromatic rings. The monoisotopic (exact) mass is 288 g/mol. The highest BCUT2D eigenvalue weighted by atomic mass is 19.4. The summed E-state index contributed by atoms with van der Waals surface area (Å²) < 4.78 is 38.7. The van der Waals surface area contributed by atoms with Crippen LogP contribution >= 0.6 is 0 Å². The molecule has 1 aliphatic heterocycles. The second kappa shape index (κ2) is 5.91. The second-order valence-corrected chi connectivity index (χ2v) is 5.12. The molecule has 1 heterocycles. The van der Waals surface area contributed by atoms with Gasteiger partial charge in [-0.2, -0.15) is 13.2 Å². The highest BCUT2D eigenvalue weighted by Crippen LogP contribution is 2.37. The van der Waals surface area contributed by atoms with Gasteiger partial charge in [0.05, 0.1) is 5.56 Å². The largest absolute Gasteiger partial charge is 0.418 e. The van der Waals surface area contributed by atoms with Gasteiger partial charge in [0.15, 0.2) is 0 Å². The van der Waals surface area contributed by atoms with Crippen molar-refractivity contribution >= 4 is 11.4 Å². The van der Waals surface area contributed by atoms with Crippen molar-refractivity contribution in [1.82, 2.24) is 0 Å². The van der Waals surface area contributed by atoms with Crippen molar-refractivity contribution in [3.05, 3.63) is 23.8 Å². The van der Waals surface area contributed by atoms with Crippen molar-refractivity contribution in [1.29, 1.82) is 0 Å². The highest BCUT2D eigenvalue weighted by Gasteiger charge is 2.34. The van der Waals surface area contributed by atoms with E-state index in [2.05, 4.69) is 0 Å². The minimum atomic E-state index is -4.43. The van der Waals surface area contributed by atoms with Crippen LogP contribution in [0.2, 0.25) is 0 Å². The molecule has 1 unspecified atom stereocenters. The molecule has 2 rings (SSSR count). The first-order chi connectivity index (χ1) is 9.43. The lowest BCUT2D eigenvalue weighted by molar-refractivity contribution is -0.136. The predicted molar refractivity (Wildman–Crippen MR) is 72.5 cm³/mol. The van der Waals surface area contributed by atoms with Crippen LogP contribution in [0.15, 0.2) is 18.2 Å². The maximum atomic E-state index is 12.9. The SMILES string of the molecule is Nc1ccc(N2CCCC2CCCO)cc1C(F)(F)F. The Labute approximate surface area is 116 Å². The van der Waals surface area contributed by atoms with Crippen LogP contribution in [0.4, 0.5) is 24.5 Å². The van der Waals surface area contributed by atoms with E-state index in [-0.39, 0.29) is 18.3 Å². The summed E-state index contributed by atoms with van der Waals surface area (Å²) in [7, 11) is 0. The van der Waals surface area contributed by atoms with Crippen LogP contribution in [-0.4, -0.2) is 24.3 Å². The molecule has 1 saturated heterocycles. The van der Waals surface area contributed by atoms with E-state index in [0.29, 0.717) is 12.1 Å². The van der Waals surface area contributed by atoms with Crippen LogP contribution < -0.4 is 10.6 Å². The Morgan fingerprint density at radius 2 is 2.10 bits per heavy atom. The fourth-order valence-electron chi connectivity index (χ4n) is 2.77. The van der Waals surface area contributed by atoms with Crippen molar-refractivity contribution in [3.8, 4) is 0 Å². The fourth-order valence-corrected chi connectivity index (χ4v) is 2.77. The molecule has 1 fully saturated rings. The van der Waals surface area contributed by atoms with Crippen molar-refractivity contribution < 1.29 is 18.3 Å². The van der Waals surface area contributed by atoms with Gasteiger partial charge < -0.3 is 15.7 Å². The van der Waals surface area contributed by atoms with E-state index in [4.69, 9.17) is 10.8 Å². The first-order valence-corrected chi connectivity index (χ1v) is 6.77. The minimum Gasteiger partial charge on any atom is -0.398 e. The number of aliphatic hydroxyl groups excluding tert-OH is 1. The second-order valence-electron chi connectivity index (χ2n) is 5.12. The summed E-state index contributed by atoms with van der Waals surface area (Å²) in [6.07, 6.45) is -1.06. The Balaban J connectivity index is 2.24. The van der Waals surface area contributed by atoms with Gasteiger partial charge in [-0.05, 0) is 43.9 Å². The molecular formula is C14H19F3N2O. The molecule has 20 heavy (non-hydrogen) atoms. The van der Waals surface area contributed by atoms with Gasteiger partial charge in [0, 0.05) is 30.6 Å². The Hall–Kier alpha value is -1.43. The summed E-state index contributed by atoms with van der Waals surface area (Å²) in [5.41, 5.74) is 4.96. The molecule has 0 aliphatic carbocycles. The molecule has 0 aromatic heterocycles. The molecule has 0 spiro atoms. The summed E-state index contributed by atoms with van der Waals surface area (Å²) in [5, 5.41) is 8.89. The summed E-state index contributed by atoms with van der Waals surface area (Å²) in [6.45, 7) is 0.858. The third kappa shape index (κ3) is 3.17. The Morgan fingerprint density at radius 3 is 2.75 bits per heavy atom. The fraction of sp³-hybridized carbons (Fsp3) is 0.571. The Morgan fingerprint density at radius 1 is 1.35 bits per heavy atom. The van der Waals surface area contributed by atoms with Gasteiger partial charge in [0.1, 0.15) is 0 Å². The molecule has 0 bridgehead atoms. The molecule has 1 aliphatic rings. The maximum absolute atomic E-state index is 12.9. The third-order valence-corrected chi connectivity index (χ3v) is 3.75. The minimum absolute atomic E-state index is 0.111. The number of nitrogen functional groups attached to an aromatic ring is 1. The number of benzene rings is 1. The smallest absolute Gasteiger partial charge is 0.398 e. The van der Waals surface area contributed by atoms with E-state index in [0.717, 1.165) is 31.9 Å². The molecule has 1 atom stereocenters. The average molecular weight is 288 g/mol. The summed E-state index contributed by atoms with van der Waals surface area (Å²) in [4.78, 5) is 1.99. The van der Waals surface area contributed by atoms with Crippen LogP contribution in [-0.2, 0) is 6.18 Å². The molecule has 0 radical (unpaired) electrons. The van der Waals surface area contributed by atoms with Gasteiger partial charge >= 0.3 is 6.18 Å². The zero-order valence-corrected chi connectivity index (χ0v) is 11.2. The van der Waals surface area contributed by atoms with E-state index in [1.807, 2.05) is 4.90 Å². The van der Waals surface area contributed by atoms with Crippen LogP contribution in [0, 0.1) is 0 Å². The van der Waals surface area contributed by atoms with E-state index in [1.54, 1.807) is 6.07 Å². The van der Waals surface area contributed by atoms with E-state index < -0.39 is 11.7 Å². The molecular weight excluding hydrogens is 269 g/mol. The molecule has 112 valence electrons. The molecule has 3 nitrogen and oxygen atoms in total. The number of anilines is 2. The Kier molecular flexibility index (Phi) is 4.42. The van der Waals surface area contributed by atoms with Gasteiger partial charge in [-0.3, -0.25) is 0 Å². The number of aliphatic hydroxyl groups is 1. The van der Waals surface area contributed by atoms with E-state index >= 15 is 0 Å². The predicted octanol–water partition coefficient (Wildman–Crippen LogP) is 3.03. The molecule has 6 heteroatoms. The lowest BCUT2D eigenvalue weighted by atomic mass is 10.1. The molecule has 1 aromatic carbocycles. The molecule has 3 N–H and O–H groups in total. The zero-order chi connectivity index (χ0) is 14.8. The number of nitrogens with zero attached hydrogens (tertiary/aromatic N) is 1. The highest BCUT2D eigenvalue weighted by molar-refractivity contribution is 5.60. The number of halogens is 3. The van der Waals surface area contributed by atoms with Crippen LogP contribution in [0.5, 0.6) is 0 Å². The van der Waals surface area contributed by atoms with Crippen LogP contribution in [0.25, 0.3) is 0 Å². The van der Waals surface area contributed by atoms with Gasteiger partial charge in [-0.1, -0.05) is 0 Å². The lowest BCUT2D eigenvalue weighted by Crippen LogP contribution is -2.29. The number of nitrogens with two attached hydrogens (primary N) is 1. The van der Waals surface area contributed by atoms with Crippen LogP contribution in [0.1, 0.15) is 31.2 Å². The maximum Gasteiger partial charge on any atom is 0.418 e. The van der Waals surface area contributed by atoms with Gasteiger partial charge in [-0.15, -0.1) is 0 Å². The summed E-state index contributed by atoms with van der Waals surface area (Å²) in [6, 6.07) is 4.29. The first kappa shape index (κ1) is 15.0. The lowest BCUT2D eigenvalue weighted by Gasteiger charge is -2.27. The quantitative estimate of drug-likeness (QED) is 0.837. The topological polar surface area (TPSA) is 49.5 Å². The molecule has 0 saturated carbocycles. The molecule has 0 amide bonds. The van der Waals surface area contributed by atoms with Gasteiger partial charge in [0.25, 0.3) is 0 Å². The Bertz CT molecular complexity index is 462. The third-order valence-electron chi connectivity index (χ3n) is 3.75. The van der Waals surface area contributed by atoms with E-state index in [1.165, 1.54) is 6.07 Å². The normalized spacial score (nSPS) is 19.6. The van der Waals surface area contributed by atoms with Crippen molar-refractivity contribution in [3.63, 3.8) is 0 Å². The number of hydrogen-bond acceptors (Lipinski definition) is 3. The van der Waals surface area contributed by atoms with E-state index in [9.17, 15) is 13.2 Å². The number of rotatable bonds is 4. The first-order valence-electron chi connectivity index (χ1n) is 6.77. The summed E-state index contributed by atoms with van der Waals surface area (Å²) >= 11 is 0. The standard InChI is InChI=1S/C14H19F3N2O/c15-14(16,17)12-9-11(5-6-13(12)18)19-7-1-3-10(19)4-2-8-20/h5-6,9-10,20H,1-4,7-8,18H2. The summed E-state index contributed by atoms with van der Waals surface area (Å²) in [5.74, 6) is 0. The van der Waals surface area contributed by atoms with Gasteiger partial charge in [0.2, 0.25) is 0 Å². The van der Waals surface area contributed by atoms with Gasteiger partial charge in [-0.25, -0.2) is 0 Å². The number of hydrogen-bond donors (Lipinski definition) is 2. The van der Waals surface area contributed by atoms with Crippen molar-refractivity contribution in [2.45, 2.75) is 37.9 Å². The van der Waals surface area contributed by atoms with Crippen molar-refractivity contribution in [2.24, 2.45) is 0 Å². The van der Waals surface area contributed by atoms with Crippen LogP contribution in [0.3, 0.4) is 0 Å². The number of alkyl halides is 3. The van der Waals surface area contributed by atoms with Crippen molar-refractivity contribution in [2.75, 3.05) is 23.8 Å².